The molecular weight excluding hydrogens is 496 g/mol. The number of furan rings is 1. The smallest absolute Gasteiger partial charge is 0.143 e. The lowest BCUT2D eigenvalue weighted by Crippen LogP contribution is -2.25. The van der Waals surface area contributed by atoms with E-state index >= 15 is 0 Å². The lowest BCUT2D eigenvalue weighted by atomic mass is 9.70. The van der Waals surface area contributed by atoms with Crippen LogP contribution in [0.2, 0.25) is 5.02 Å². The number of hydrogen-bond acceptors (Lipinski definition) is 1. The van der Waals surface area contributed by atoms with Crippen molar-refractivity contribution in [2.24, 2.45) is 0 Å². The molecule has 6 aromatic carbocycles. The van der Waals surface area contributed by atoms with Gasteiger partial charge in [0.15, 0.2) is 0 Å². The van der Waals surface area contributed by atoms with Crippen LogP contribution in [0.1, 0.15) is 22.3 Å². The lowest BCUT2D eigenvalue weighted by molar-refractivity contribution is 0.670. The van der Waals surface area contributed by atoms with Crippen molar-refractivity contribution in [3.63, 3.8) is 0 Å². The molecule has 1 nitrogen and oxygen atoms in total. The van der Waals surface area contributed by atoms with Crippen LogP contribution in [0.5, 0.6) is 0 Å². The molecular formula is C37H21ClO. The highest BCUT2D eigenvalue weighted by atomic mass is 35.5. The molecule has 0 amide bonds. The van der Waals surface area contributed by atoms with Crippen molar-refractivity contribution >= 4 is 33.5 Å². The minimum absolute atomic E-state index is 0.430. The van der Waals surface area contributed by atoms with E-state index in [-0.39, 0.29) is 0 Å². The highest BCUT2D eigenvalue weighted by Crippen LogP contribution is 2.64. The summed E-state index contributed by atoms with van der Waals surface area (Å²) in [5.74, 6) is 0. The maximum Gasteiger partial charge on any atom is 0.143 e. The van der Waals surface area contributed by atoms with Crippen LogP contribution < -0.4 is 0 Å². The fourth-order valence-corrected chi connectivity index (χ4v) is 7.52. The number of para-hydroxylation sites is 2. The highest BCUT2D eigenvalue weighted by Gasteiger charge is 2.52. The molecule has 0 N–H and O–H groups in total. The third-order valence-corrected chi connectivity index (χ3v) is 9.01. The van der Waals surface area contributed by atoms with Crippen LogP contribution in [-0.2, 0) is 5.41 Å². The summed E-state index contributed by atoms with van der Waals surface area (Å²) in [5, 5.41) is 3.04. The monoisotopic (exact) mass is 516 g/mol. The Balaban J connectivity index is 1.45. The van der Waals surface area contributed by atoms with E-state index in [1.165, 1.54) is 50.1 Å². The van der Waals surface area contributed by atoms with Gasteiger partial charge in [-0.25, -0.2) is 0 Å². The Morgan fingerprint density at radius 3 is 1.90 bits per heavy atom. The average Bonchev–Trinajstić information content (AvgIpc) is 3.61. The van der Waals surface area contributed by atoms with Crippen molar-refractivity contribution in [3.8, 4) is 33.4 Å². The van der Waals surface area contributed by atoms with Gasteiger partial charge in [0.2, 0.25) is 0 Å². The largest absolute Gasteiger partial charge is 0.455 e. The Morgan fingerprint density at radius 2 is 1.08 bits per heavy atom. The van der Waals surface area contributed by atoms with Crippen molar-refractivity contribution in [1.82, 2.24) is 0 Å². The number of rotatable bonds is 1. The number of fused-ring (bicyclic) bond motifs is 13. The molecule has 0 bridgehead atoms. The van der Waals surface area contributed by atoms with E-state index in [1.807, 2.05) is 18.2 Å². The molecule has 0 saturated heterocycles. The minimum Gasteiger partial charge on any atom is -0.455 e. The van der Waals surface area contributed by atoms with E-state index in [1.54, 1.807) is 0 Å². The van der Waals surface area contributed by atoms with Crippen LogP contribution in [0.25, 0.3) is 55.3 Å². The Kier molecular flexibility index (Phi) is 4.11. The van der Waals surface area contributed by atoms with Gasteiger partial charge in [-0.1, -0.05) is 121 Å². The zero-order chi connectivity index (χ0) is 25.7. The maximum absolute atomic E-state index is 6.75. The van der Waals surface area contributed by atoms with Gasteiger partial charge in [0.25, 0.3) is 0 Å². The molecule has 1 spiro atoms. The zero-order valence-corrected chi connectivity index (χ0v) is 21.7. The van der Waals surface area contributed by atoms with Crippen molar-refractivity contribution in [2.45, 2.75) is 5.41 Å². The number of hydrogen-bond donors (Lipinski definition) is 0. The van der Waals surface area contributed by atoms with Gasteiger partial charge >= 0.3 is 0 Å². The van der Waals surface area contributed by atoms with Crippen LogP contribution >= 0.6 is 11.6 Å². The van der Waals surface area contributed by atoms with Crippen LogP contribution in [0, 0.1) is 0 Å². The van der Waals surface area contributed by atoms with Gasteiger partial charge in [0.1, 0.15) is 11.2 Å². The second kappa shape index (κ2) is 7.50. The summed E-state index contributed by atoms with van der Waals surface area (Å²) < 4.78 is 6.51. The molecule has 1 aromatic heterocycles. The first-order chi connectivity index (χ1) is 19.3. The van der Waals surface area contributed by atoms with E-state index < -0.39 is 5.41 Å². The first kappa shape index (κ1) is 21.4. The summed E-state index contributed by atoms with van der Waals surface area (Å²) in [6.07, 6.45) is 0. The van der Waals surface area contributed by atoms with Gasteiger partial charge in [-0.3, -0.25) is 0 Å². The SMILES string of the molecule is Clc1ccc2c(c1)C1(c3ccccc3-c3ccccc31)c1cccc(-c3cccc4c3oc3ccccc34)c1-2. The minimum atomic E-state index is -0.430. The number of halogens is 1. The second-order valence-corrected chi connectivity index (χ2v) is 11.0. The standard InChI is InChI=1S/C37H21ClO/c38-22-19-20-29-33(21-22)37(30-15-4-1-9-23(30)24-10-2-5-16-31(24)37)32-17-8-12-26(35(29)32)28-14-7-13-27-25-11-3-6-18-34(25)39-36(27)28/h1-21H. The van der Waals surface area contributed by atoms with E-state index in [0.717, 1.165) is 32.5 Å². The topological polar surface area (TPSA) is 13.1 Å². The van der Waals surface area contributed by atoms with Gasteiger partial charge in [0.05, 0.1) is 5.41 Å². The summed E-state index contributed by atoms with van der Waals surface area (Å²) in [5.41, 5.74) is 13.9. The van der Waals surface area contributed by atoms with Crippen LogP contribution in [-0.4, -0.2) is 0 Å². The summed E-state index contributed by atoms with van der Waals surface area (Å²) in [6.45, 7) is 0. The van der Waals surface area contributed by atoms with Crippen LogP contribution in [0.15, 0.2) is 132 Å². The van der Waals surface area contributed by atoms with Gasteiger partial charge in [-0.05, 0) is 68.3 Å². The van der Waals surface area contributed by atoms with Crippen molar-refractivity contribution in [1.29, 1.82) is 0 Å². The summed E-state index contributed by atoms with van der Waals surface area (Å²) >= 11 is 6.75. The van der Waals surface area contributed by atoms with E-state index in [2.05, 4.69) is 109 Å². The molecule has 0 fully saturated rings. The predicted octanol–water partition coefficient (Wildman–Crippen LogP) is 10.2. The van der Waals surface area contributed by atoms with E-state index in [0.29, 0.717) is 0 Å². The molecule has 0 unspecified atom stereocenters. The summed E-state index contributed by atoms with van der Waals surface area (Å²) in [4.78, 5) is 0. The van der Waals surface area contributed by atoms with Gasteiger partial charge < -0.3 is 4.42 Å². The van der Waals surface area contributed by atoms with Crippen LogP contribution in [0.3, 0.4) is 0 Å². The normalized spacial score (nSPS) is 14.0. The Labute approximate surface area is 230 Å². The second-order valence-electron chi connectivity index (χ2n) is 10.5. The van der Waals surface area contributed by atoms with Gasteiger partial charge in [-0.15, -0.1) is 0 Å². The van der Waals surface area contributed by atoms with Gasteiger partial charge in [0, 0.05) is 21.4 Å². The first-order valence-corrected chi connectivity index (χ1v) is 13.7. The first-order valence-electron chi connectivity index (χ1n) is 13.3. The van der Waals surface area contributed by atoms with Crippen LogP contribution in [0.4, 0.5) is 0 Å². The zero-order valence-electron chi connectivity index (χ0n) is 20.9. The Hall–Kier alpha value is -4.59. The molecule has 1 heterocycles. The highest BCUT2D eigenvalue weighted by molar-refractivity contribution is 6.31. The van der Waals surface area contributed by atoms with Crippen molar-refractivity contribution < 1.29 is 4.42 Å². The number of benzene rings is 6. The Morgan fingerprint density at radius 1 is 0.462 bits per heavy atom. The molecule has 9 rings (SSSR count). The fraction of sp³-hybridized carbons (Fsp3) is 0.0270. The molecule has 0 aliphatic heterocycles. The van der Waals surface area contributed by atoms with Gasteiger partial charge in [-0.2, -0.15) is 0 Å². The molecule has 0 radical (unpaired) electrons. The molecule has 2 heteroatoms. The third-order valence-electron chi connectivity index (χ3n) is 8.77. The van der Waals surface area contributed by atoms with Crippen molar-refractivity contribution in [3.05, 3.63) is 155 Å². The third kappa shape index (κ3) is 2.56. The summed E-state index contributed by atoms with van der Waals surface area (Å²) in [6, 6.07) is 45.6. The van der Waals surface area contributed by atoms with E-state index in [4.69, 9.17) is 16.0 Å². The molecule has 2 aliphatic rings. The summed E-state index contributed by atoms with van der Waals surface area (Å²) in [7, 11) is 0. The molecule has 39 heavy (non-hydrogen) atoms. The maximum atomic E-state index is 6.75. The molecule has 7 aromatic rings. The predicted molar refractivity (Wildman–Crippen MR) is 160 cm³/mol. The average molecular weight is 517 g/mol. The molecule has 182 valence electrons. The molecule has 0 saturated carbocycles. The Bertz CT molecular complexity index is 2100. The molecule has 0 atom stereocenters. The quantitative estimate of drug-likeness (QED) is 0.211. The van der Waals surface area contributed by atoms with Crippen molar-refractivity contribution in [2.75, 3.05) is 0 Å². The van der Waals surface area contributed by atoms with E-state index in [9.17, 15) is 0 Å². The fourth-order valence-electron chi connectivity index (χ4n) is 7.34. The molecule has 2 aliphatic carbocycles. The lowest BCUT2D eigenvalue weighted by Gasteiger charge is -2.30.